The van der Waals surface area contributed by atoms with E-state index in [2.05, 4.69) is 14.7 Å². The molecule has 2 heterocycles. The minimum absolute atomic E-state index is 0.00951. The monoisotopic (exact) mass is 416 g/mol. The van der Waals surface area contributed by atoms with Crippen LogP contribution in [0.2, 0.25) is 0 Å². The molecule has 1 aliphatic heterocycles. The van der Waals surface area contributed by atoms with Gasteiger partial charge < -0.3 is 9.88 Å². The maximum absolute atomic E-state index is 13.7. The van der Waals surface area contributed by atoms with Crippen LogP contribution in [0.3, 0.4) is 0 Å². The Morgan fingerprint density at radius 1 is 1.21 bits per heavy atom. The van der Waals surface area contributed by atoms with Crippen molar-refractivity contribution < 1.29 is 17.6 Å². The van der Waals surface area contributed by atoms with Gasteiger partial charge in [0.2, 0.25) is 15.9 Å². The van der Waals surface area contributed by atoms with E-state index in [4.69, 9.17) is 0 Å². The van der Waals surface area contributed by atoms with E-state index >= 15 is 0 Å². The van der Waals surface area contributed by atoms with Gasteiger partial charge in [0, 0.05) is 19.5 Å². The van der Waals surface area contributed by atoms with Crippen LogP contribution in [0.1, 0.15) is 31.1 Å². The van der Waals surface area contributed by atoms with Gasteiger partial charge in [0.15, 0.2) is 0 Å². The lowest BCUT2D eigenvalue weighted by Crippen LogP contribution is -2.34. The van der Waals surface area contributed by atoms with E-state index in [1.54, 1.807) is 4.90 Å². The van der Waals surface area contributed by atoms with Crippen molar-refractivity contribution in [2.45, 2.75) is 30.2 Å². The summed E-state index contributed by atoms with van der Waals surface area (Å²) in [4.78, 5) is 21.9. The van der Waals surface area contributed by atoms with E-state index in [0.29, 0.717) is 6.54 Å². The van der Waals surface area contributed by atoms with Gasteiger partial charge >= 0.3 is 0 Å². The first kappa shape index (κ1) is 19.5. The molecule has 0 radical (unpaired) electrons. The zero-order chi connectivity index (χ0) is 20.4. The fourth-order valence-corrected chi connectivity index (χ4v) is 4.76. The first-order valence-electron chi connectivity index (χ1n) is 9.44. The summed E-state index contributed by atoms with van der Waals surface area (Å²) < 4.78 is 40.5. The number of para-hydroxylation sites is 2. The van der Waals surface area contributed by atoms with Crippen molar-refractivity contribution in [2.24, 2.45) is 0 Å². The Kier molecular flexibility index (Phi) is 5.33. The summed E-state index contributed by atoms with van der Waals surface area (Å²) in [7, 11) is -4.01. The average molecular weight is 416 g/mol. The lowest BCUT2D eigenvalue weighted by Gasteiger charge is -2.23. The number of imidazole rings is 1. The number of hydrogen-bond acceptors (Lipinski definition) is 4. The molecule has 0 unspecified atom stereocenters. The molecule has 1 saturated heterocycles. The minimum Gasteiger partial charge on any atom is -0.340 e. The molecule has 2 aromatic carbocycles. The van der Waals surface area contributed by atoms with Gasteiger partial charge in [0.1, 0.15) is 16.5 Å². The molecule has 1 fully saturated rings. The lowest BCUT2D eigenvalue weighted by molar-refractivity contribution is -0.132. The third-order valence-electron chi connectivity index (χ3n) is 5.05. The number of rotatable bonds is 6. The molecular formula is C20H21FN4O3S. The maximum Gasteiger partial charge on any atom is 0.243 e. The molecule has 0 bridgehead atoms. The van der Waals surface area contributed by atoms with Crippen LogP contribution in [0.25, 0.3) is 11.0 Å². The topological polar surface area (TPSA) is 95.2 Å². The number of nitrogens with zero attached hydrogens (tertiary/aromatic N) is 2. The zero-order valence-electron chi connectivity index (χ0n) is 15.6. The van der Waals surface area contributed by atoms with Crippen LogP contribution in [0.15, 0.2) is 53.4 Å². The predicted octanol–water partition coefficient (Wildman–Crippen LogP) is 2.73. The van der Waals surface area contributed by atoms with E-state index in [1.807, 2.05) is 24.3 Å². The highest BCUT2D eigenvalue weighted by Gasteiger charge is 2.32. The van der Waals surface area contributed by atoms with E-state index in [0.717, 1.165) is 35.8 Å². The number of amides is 1. The lowest BCUT2D eigenvalue weighted by atomic mass is 10.2. The number of likely N-dealkylation sites (tertiary alicyclic amines) is 1. The van der Waals surface area contributed by atoms with Crippen molar-refractivity contribution in [1.29, 1.82) is 0 Å². The highest BCUT2D eigenvalue weighted by atomic mass is 32.2. The second-order valence-corrected chi connectivity index (χ2v) is 8.70. The fourth-order valence-electron chi connectivity index (χ4n) is 3.66. The van der Waals surface area contributed by atoms with E-state index in [-0.39, 0.29) is 24.9 Å². The Bertz CT molecular complexity index is 1110. The van der Waals surface area contributed by atoms with Crippen molar-refractivity contribution in [1.82, 2.24) is 19.6 Å². The van der Waals surface area contributed by atoms with Crippen LogP contribution in [-0.2, 0) is 14.8 Å². The summed E-state index contributed by atoms with van der Waals surface area (Å²) in [5.74, 6) is -0.246. The van der Waals surface area contributed by atoms with Gasteiger partial charge in [-0.15, -0.1) is 0 Å². The quantitative estimate of drug-likeness (QED) is 0.646. The molecule has 3 aromatic rings. The number of benzene rings is 2. The molecule has 29 heavy (non-hydrogen) atoms. The second-order valence-electron chi connectivity index (χ2n) is 6.96. The fraction of sp³-hybridized carbons (Fsp3) is 0.300. The summed E-state index contributed by atoms with van der Waals surface area (Å²) >= 11 is 0. The number of fused-ring (bicyclic) bond motifs is 1. The van der Waals surface area contributed by atoms with Crippen molar-refractivity contribution in [2.75, 3.05) is 13.1 Å². The number of aromatic nitrogens is 2. The number of carbonyl (C=O) groups excluding carboxylic acids is 1. The molecule has 2 N–H and O–H groups in total. The van der Waals surface area contributed by atoms with Crippen molar-refractivity contribution in [3.63, 3.8) is 0 Å². The molecule has 0 spiro atoms. The van der Waals surface area contributed by atoms with E-state index in [9.17, 15) is 17.6 Å². The SMILES string of the molecule is O=C(CCNS(=O)(=O)c1ccccc1F)N1CCC[C@H]1c1nc2ccccc2[nH]1. The standard InChI is InChI=1S/C20H21FN4O3S/c21-14-6-1-4-10-18(14)29(27,28)22-12-11-19(26)25-13-5-9-17(25)20-23-15-7-2-3-8-16(15)24-20/h1-4,6-8,10,17,22H,5,9,11-13H2,(H,23,24)/t17-/m0/s1. The van der Waals surface area contributed by atoms with Gasteiger partial charge in [0.05, 0.1) is 17.1 Å². The molecule has 9 heteroatoms. The number of halogens is 1. The van der Waals surface area contributed by atoms with Gasteiger partial charge in [-0.1, -0.05) is 24.3 Å². The van der Waals surface area contributed by atoms with Gasteiger partial charge in [-0.25, -0.2) is 22.5 Å². The third kappa shape index (κ3) is 4.01. The maximum atomic E-state index is 13.7. The Morgan fingerprint density at radius 2 is 1.97 bits per heavy atom. The first-order chi connectivity index (χ1) is 14.0. The van der Waals surface area contributed by atoms with Crippen LogP contribution in [0.5, 0.6) is 0 Å². The largest absolute Gasteiger partial charge is 0.340 e. The Morgan fingerprint density at radius 3 is 2.76 bits per heavy atom. The highest BCUT2D eigenvalue weighted by molar-refractivity contribution is 7.89. The van der Waals surface area contributed by atoms with Crippen molar-refractivity contribution in [3.8, 4) is 0 Å². The first-order valence-corrected chi connectivity index (χ1v) is 10.9. The van der Waals surface area contributed by atoms with Crippen LogP contribution >= 0.6 is 0 Å². The molecule has 4 rings (SSSR count). The molecular weight excluding hydrogens is 395 g/mol. The Balaban J connectivity index is 1.41. The normalized spacial score (nSPS) is 17.1. The Hall–Kier alpha value is -2.78. The van der Waals surface area contributed by atoms with Crippen molar-refractivity contribution >= 4 is 27.0 Å². The van der Waals surface area contributed by atoms with Gasteiger partial charge in [-0.3, -0.25) is 4.79 Å². The van der Waals surface area contributed by atoms with Crippen LogP contribution < -0.4 is 4.72 Å². The highest BCUT2D eigenvalue weighted by Crippen LogP contribution is 2.31. The summed E-state index contributed by atoms with van der Waals surface area (Å²) in [5, 5.41) is 0. The van der Waals surface area contributed by atoms with Crippen LogP contribution in [-0.4, -0.2) is 42.3 Å². The molecule has 1 aromatic heterocycles. The molecule has 0 aliphatic carbocycles. The number of hydrogen-bond donors (Lipinski definition) is 2. The minimum atomic E-state index is -4.01. The molecule has 7 nitrogen and oxygen atoms in total. The number of H-pyrrole nitrogens is 1. The number of nitrogens with one attached hydrogen (secondary N) is 2. The number of sulfonamides is 1. The Labute approximate surface area is 168 Å². The van der Waals surface area contributed by atoms with Crippen LogP contribution in [0.4, 0.5) is 4.39 Å². The molecule has 1 aliphatic rings. The molecule has 152 valence electrons. The van der Waals surface area contributed by atoms with Crippen LogP contribution in [0, 0.1) is 5.82 Å². The summed E-state index contributed by atoms with van der Waals surface area (Å²) in [6.45, 7) is 0.499. The van der Waals surface area contributed by atoms with E-state index < -0.39 is 20.7 Å². The smallest absolute Gasteiger partial charge is 0.243 e. The predicted molar refractivity (Wildman–Crippen MR) is 106 cm³/mol. The molecule has 1 amide bonds. The number of aromatic amines is 1. The van der Waals surface area contributed by atoms with Gasteiger partial charge in [-0.2, -0.15) is 0 Å². The second kappa shape index (κ2) is 7.92. The summed E-state index contributed by atoms with van der Waals surface area (Å²) in [6, 6.07) is 12.7. The average Bonchev–Trinajstić information content (AvgIpc) is 3.34. The van der Waals surface area contributed by atoms with Crippen molar-refractivity contribution in [3.05, 3.63) is 60.2 Å². The zero-order valence-corrected chi connectivity index (χ0v) is 16.5. The molecule has 1 atom stereocenters. The van der Waals surface area contributed by atoms with Gasteiger partial charge in [0.25, 0.3) is 0 Å². The van der Waals surface area contributed by atoms with E-state index in [1.165, 1.54) is 18.2 Å². The molecule has 0 saturated carbocycles. The summed E-state index contributed by atoms with van der Waals surface area (Å²) in [6.07, 6.45) is 1.64. The number of carbonyl (C=O) groups is 1. The summed E-state index contributed by atoms with van der Waals surface area (Å²) in [5.41, 5.74) is 1.76. The van der Waals surface area contributed by atoms with Gasteiger partial charge in [-0.05, 0) is 37.1 Å². The third-order valence-corrected chi connectivity index (χ3v) is 6.55.